The van der Waals surface area contributed by atoms with Crippen molar-refractivity contribution >= 4 is 21.8 Å². The van der Waals surface area contributed by atoms with Crippen molar-refractivity contribution in [3.63, 3.8) is 0 Å². The molecular weight excluding hydrogens is 263 g/mol. The van der Waals surface area contributed by atoms with Crippen LogP contribution in [0.4, 0.5) is 9.18 Å². The second-order valence-corrected chi connectivity index (χ2v) is 5.83. The number of halogens is 1. The van der Waals surface area contributed by atoms with Crippen molar-refractivity contribution in [1.82, 2.24) is 10.6 Å². The highest BCUT2D eigenvalue weighted by atomic mass is 32.2. The van der Waals surface area contributed by atoms with Gasteiger partial charge in [0.05, 0.1) is 4.90 Å². The van der Waals surface area contributed by atoms with Crippen LogP contribution in [0.15, 0.2) is 23.1 Å². The number of hydrogen-bond donors (Lipinski definition) is 2. The number of hydrogen-bond acceptors (Lipinski definition) is 4. The Balaban J connectivity index is 2.59. The molecule has 1 heterocycles. The Bertz CT molecular complexity index is 641. The first-order chi connectivity index (χ1) is 8.29. The molecule has 18 heavy (non-hydrogen) atoms. The minimum atomic E-state index is -3.63. The van der Waals surface area contributed by atoms with Crippen LogP contribution in [0.5, 0.6) is 0 Å². The molecule has 1 fully saturated rings. The van der Waals surface area contributed by atoms with Crippen molar-refractivity contribution in [2.24, 2.45) is 0 Å². The molecular formula is C10H9FN2O4S. The fraction of sp³-hybridized carbons (Fsp3) is 0.200. The van der Waals surface area contributed by atoms with Gasteiger partial charge in [-0.15, -0.1) is 0 Å². The Morgan fingerprint density at radius 2 is 1.94 bits per heavy atom. The molecule has 2 rings (SSSR count). The fourth-order valence-electron chi connectivity index (χ4n) is 1.72. The van der Waals surface area contributed by atoms with Crippen LogP contribution < -0.4 is 10.6 Å². The molecule has 1 saturated heterocycles. The number of rotatable bonds is 2. The highest BCUT2D eigenvalue weighted by molar-refractivity contribution is 7.90. The van der Waals surface area contributed by atoms with Gasteiger partial charge >= 0.3 is 6.03 Å². The summed E-state index contributed by atoms with van der Waals surface area (Å²) in [4.78, 5) is 22.3. The predicted molar refractivity (Wildman–Crippen MR) is 58.9 cm³/mol. The number of nitrogens with one attached hydrogen (secondary N) is 2. The summed E-state index contributed by atoms with van der Waals surface area (Å²) in [6.45, 7) is 0. The summed E-state index contributed by atoms with van der Waals surface area (Å²) in [7, 11) is -3.63. The van der Waals surface area contributed by atoms with Gasteiger partial charge in [-0.05, 0) is 18.2 Å². The second-order valence-electron chi connectivity index (χ2n) is 3.85. The third-order valence-electron chi connectivity index (χ3n) is 2.46. The van der Waals surface area contributed by atoms with Gasteiger partial charge in [0.15, 0.2) is 9.84 Å². The molecule has 1 unspecified atom stereocenters. The standard InChI is InChI=1S/C10H9FN2O4S/c1-18(16,17)7-3-2-5(11)4-6(7)8-9(14)13-10(15)12-8/h2-4,8H,1H3,(H2,12,13,14,15). The van der Waals surface area contributed by atoms with Crippen molar-refractivity contribution in [1.29, 1.82) is 0 Å². The van der Waals surface area contributed by atoms with E-state index in [9.17, 15) is 22.4 Å². The van der Waals surface area contributed by atoms with Crippen LogP contribution in [-0.4, -0.2) is 26.6 Å². The largest absolute Gasteiger partial charge is 0.322 e. The fourth-order valence-corrected chi connectivity index (χ4v) is 2.64. The Hall–Kier alpha value is -1.96. The molecule has 6 nitrogen and oxygen atoms in total. The first kappa shape index (κ1) is 12.5. The van der Waals surface area contributed by atoms with Crippen molar-refractivity contribution in [2.45, 2.75) is 10.9 Å². The SMILES string of the molecule is CS(=O)(=O)c1ccc(F)cc1C1NC(=O)NC1=O. The van der Waals surface area contributed by atoms with Crippen molar-refractivity contribution in [3.8, 4) is 0 Å². The average Bonchev–Trinajstić information content (AvgIpc) is 2.55. The third-order valence-corrected chi connectivity index (χ3v) is 3.63. The van der Waals surface area contributed by atoms with Crippen molar-refractivity contribution in [2.75, 3.05) is 6.26 Å². The molecule has 1 aliphatic rings. The summed E-state index contributed by atoms with van der Waals surface area (Å²) in [5.41, 5.74) is -0.0825. The van der Waals surface area contributed by atoms with E-state index >= 15 is 0 Å². The first-order valence-electron chi connectivity index (χ1n) is 4.90. The molecule has 0 aromatic heterocycles. The van der Waals surface area contributed by atoms with Gasteiger partial charge in [-0.25, -0.2) is 17.6 Å². The first-order valence-corrected chi connectivity index (χ1v) is 6.79. The monoisotopic (exact) mass is 272 g/mol. The van der Waals surface area contributed by atoms with Gasteiger partial charge in [0.2, 0.25) is 0 Å². The van der Waals surface area contributed by atoms with E-state index in [1.807, 2.05) is 5.32 Å². The second kappa shape index (κ2) is 4.05. The zero-order valence-electron chi connectivity index (χ0n) is 9.23. The van der Waals surface area contributed by atoms with Crippen LogP contribution in [0.2, 0.25) is 0 Å². The summed E-state index contributed by atoms with van der Waals surface area (Å²) >= 11 is 0. The van der Waals surface area contributed by atoms with E-state index in [-0.39, 0.29) is 10.5 Å². The number of carbonyl (C=O) groups is 2. The summed E-state index contributed by atoms with van der Waals surface area (Å²) in [5, 5.41) is 4.19. The van der Waals surface area contributed by atoms with E-state index in [0.717, 1.165) is 24.5 Å². The van der Waals surface area contributed by atoms with E-state index in [1.165, 1.54) is 0 Å². The van der Waals surface area contributed by atoms with Crippen LogP contribution in [-0.2, 0) is 14.6 Å². The zero-order valence-corrected chi connectivity index (χ0v) is 10.0. The number of amides is 3. The van der Waals surface area contributed by atoms with Crippen molar-refractivity contribution in [3.05, 3.63) is 29.6 Å². The minimum Gasteiger partial charge on any atom is -0.322 e. The summed E-state index contributed by atoms with van der Waals surface area (Å²) < 4.78 is 36.3. The molecule has 8 heteroatoms. The lowest BCUT2D eigenvalue weighted by Gasteiger charge is -2.12. The molecule has 0 radical (unpaired) electrons. The Kier molecular flexibility index (Phi) is 2.81. The number of benzene rings is 1. The normalized spacial score (nSPS) is 19.6. The van der Waals surface area contributed by atoms with Crippen LogP contribution in [0.25, 0.3) is 0 Å². The van der Waals surface area contributed by atoms with Gasteiger partial charge < -0.3 is 5.32 Å². The molecule has 0 aliphatic carbocycles. The Labute approximate surface area is 102 Å². The van der Waals surface area contributed by atoms with Crippen LogP contribution in [0.1, 0.15) is 11.6 Å². The van der Waals surface area contributed by atoms with Gasteiger partial charge in [-0.2, -0.15) is 0 Å². The number of urea groups is 1. The van der Waals surface area contributed by atoms with E-state index < -0.39 is 33.6 Å². The lowest BCUT2D eigenvalue weighted by atomic mass is 10.1. The molecule has 96 valence electrons. The molecule has 0 spiro atoms. The number of sulfone groups is 1. The van der Waals surface area contributed by atoms with E-state index in [2.05, 4.69) is 5.32 Å². The van der Waals surface area contributed by atoms with Crippen LogP contribution in [0, 0.1) is 5.82 Å². The average molecular weight is 272 g/mol. The maximum atomic E-state index is 13.2. The Morgan fingerprint density at radius 1 is 1.28 bits per heavy atom. The minimum absolute atomic E-state index is 0.0825. The summed E-state index contributed by atoms with van der Waals surface area (Å²) in [5.74, 6) is -1.40. The highest BCUT2D eigenvalue weighted by Gasteiger charge is 2.34. The molecule has 0 saturated carbocycles. The molecule has 1 atom stereocenters. The van der Waals surface area contributed by atoms with Gasteiger partial charge in [-0.3, -0.25) is 10.1 Å². The van der Waals surface area contributed by atoms with E-state index in [1.54, 1.807) is 0 Å². The van der Waals surface area contributed by atoms with E-state index in [0.29, 0.717) is 0 Å². The quantitative estimate of drug-likeness (QED) is 0.590. The lowest BCUT2D eigenvalue weighted by molar-refractivity contribution is -0.120. The van der Waals surface area contributed by atoms with Crippen LogP contribution in [0.3, 0.4) is 0 Å². The smallest absolute Gasteiger partial charge is 0.322 e. The Morgan fingerprint density at radius 3 is 2.44 bits per heavy atom. The summed E-state index contributed by atoms with van der Waals surface area (Å²) in [6, 6.07) is 1.03. The number of imide groups is 1. The van der Waals surface area contributed by atoms with Gasteiger partial charge in [0.25, 0.3) is 5.91 Å². The zero-order chi connectivity index (χ0) is 13.5. The maximum absolute atomic E-state index is 13.2. The molecule has 2 N–H and O–H groups in total. The molecule has 0 bridgehead atoms. The van der Waals surface area contributed by atoms with Crippen LogP contribution >= 0.6 is 0 Å². The maximum Gasteiger partial charge on any atom is 0.322 e. The predicted octanol–water partition coefficient (Wildman–Crippen LogP) is 0.110. The highest BCUT2D eigenvalue weighted by Crippen LogP contribution is 2.25. The molecule has 1 aliphatic heterocycles. The van der Waals surface area contributed by atoms with E-state index in [4.69, 9.17) is 0 Å². The molecule has 1 aromatic carbocycles. The van der Waals surface area contributed by atoms with Gasteiger partial charge in [-0.1, -0.05) is 0 Å². The third kappa shape index (κ3) is 2.19. The summed E-state index contributed by atoms with van der Waals surface area (Å²) in [6.07, 6.45) is 0.943. The van der Waals surface area contributed by atoms with Gasteiger partial charge in [0.1, 0.15) is 11.9 Å². The topological polar surface area (TPSA) is 92.3 Å². The number of carbonyl (C=O) groups excluding carboxylic acids is 2. The molecule has 3 amide bonds. The van der Waals surface area contributed by atoms with Gasteiger partial charge in [0, 0.05) is 11.8 Å². The van der Waals surface area contributed by atoms with Crippen molar-refractivity contribution < 1.29 is 22.4 Å². The molecule has 1 aromatic rings. The lowest BCUT2D eigenvalue weighted by Crippen LogP contribution is -2.22.